The van der Waals surface area contributed by atoms with Crippen molar-refractivity contribution >= 4 is 33.3 Å². The van der Waals surface area contributed by atoms with Crippen molar-refractivity contribution in [3.8, 4) is 0 Å². The number of hydrogen-bond donors (Lipinski definition) is 3. The first kappa shape index (κ1) is 29.9. The van der Waals surface area contributed by atoms with Crippen LogP contribution in [-0.4, -0.2) is 74.4 Å². The number of anilines is 2. The van der Waals surface area contributed by atoms with Crippen molar-refractivity contribution in [1.82, 2.24) is 4.90 Å². The highest BCUT2D eigenvalue weighted by Crippen LogP contribution is 2.28. The van der Waals surface area contributed by atoms with Gasteiger partial charge in [-0.3, -0.25) is 4.72 Å². The zero-order valence-corrected chi connectivity index (χ0v) is 21.7. The van der Waals surface area contributed by atoms with Crippen molar-refractivity contribution in [2.75, 3.05) is 42.3 Å². The summed E-state index contributed by atoms with van der Waals surface area (Å²) in [6.45, 7) is 12.1. The zero-order chi connectivity index (χ0) is 28.1. The first-order valence-electron chi connectivity index (χ1n) is 11.3. The number of carboxylic acids is 2. The monoisotopic (exact) mass is 545 g/mol. The van der Waals surface area contributed by atoms with Crippen LogP contribution >= 0.6 is 0 Å². The molecular formula is C24H30F3N3O6S. The van der Waals surface area contributed by atoms with E-state index in [4.69, 9.17) is 9.90 Å². The fourth-order valence-electron chi connectivity index (χ4n) is 3.74. The fraction of sp³-hybridized carbons (Fsp3) is 0.417. The summed E-state index contributed by atoms with van der Waals surface area (Å²) in [4.78, 5) is 25.4. The van der Waals surface area contributed by atoms with Gasteiger partial charge in [0.1, 0.15) is 0 Å². The van der Waals surface area contributed by atoms with E-state index in [0.29, 0.717) is 5.56 Å². The molecule has 1 saturated heterocycles. The number of benzene rings is 2. The Bertz CT molecular complexity index is 1260. The van der Waals surface area contributed by atoms with Crippen LogP contribution in [0.25, 0.3) is 0 Å². The Morgan fingerprint density at radius 2 is 1.49 bits per heavy atom. The lowest BCUT2D eigenvalue weighted by Crippen LogP contribution is -2.46. The molecule has 0 amide bonds. The summed E-state index contributed by atoms with van der Waals surface area (Å²) in [6.07, 6.45) is -5.08. The molecule has 0 radical (unpaired) electrons. The predicted octanol–water partition coefficient (Wildman–Crippen LogP) is 3.89. The van der Waals surface area contributed by atoms with Gasteiger partial charge in [-0.2, -0.15) is 13.2 Å². The Balaban J connectivity index is 0.000000604. The largest absolute Gasteiger partial charge is 0.490 e. The van der Waals surface area contributed by atoms with Gasteiger partial charge in [0.2, 0.25) is 0 Å². The summed E-state index contributed by atoms with van der Waals surface area (Å²) in [6, 6.07) is 8.31. The number of carbonyl (C=O) groups is 2. The third-order valence-electron chi connectivity index (χ3n) is 5.99. The lowest BCUT2D eigenvalue weighted by molar-refractivity contribution is -0.192. The summed E-state index contributed by atoms with van der Waals surface area (Å²) in [5.41, 5.74) is 3.28. The van der Waals surface area contributed by atoms with Crippen LogP contribution in [0.1, 0.15) is 34.0 Å². The minimum Gasteiger partial charge on any atom is -0.478 e. The van der Waals surface area contributed by atoms with Crippen LogP contribution in [-0.2, 0) is 14.8 Å². The number of likely N-dealkylation sites (N-methyl/N-ethyl adjacent to an activating group) is 1. The minimum absolute atomic E-state index is 0.0597. The van der Waals surface area contributed by atoms with Crippen LogP contribution in [0.4, 0.5) is 24.5 Å². The Morgan fingerprint density at radius 1 is 0.946 bits per heavy atom. The van der Waals surface area contributed by atoms with E-state index in [1.54, 1.807) is 31.2 Å². The van der Waals surface area contributed by atoms with Crippen molar-refractivity contribution in [2.24, 2.45) is 0 Å². The van der Waals surface area contributed by atoms with Crippen LogP contribution in [0.5, 0.6) is 0 Å². The average Bonchev–Trinajstić information content (AvgIpc) is 2.81. The molecule has 0 spiro atoms. The van der Waals surface area contributed by atoms with Gasteiger partial charge in [-0.1, -0.05) is 13.0 Å². The molecule has 0 bridgehead atoms. The maximum atomic E-state index is 13.0. The maximum absolute atomic E-state index is 13.0. The van der Waals surface area contributed by atoms with Gasteiger partial charge >= 0.3 is 18.1 Å². The molecule has 37 heavy (non-hydrogen) atoms. The normalized spacial score (nSPS) is 14.5. The Labute approximate surface area is 213 Å². The van der Waals surface area contributed by atoms with Gasteiger partial charge in [0.25, 0.3) is 10.0 Å². The third kappa shape index (κ3) is 7.83. The summed E-state index contributed by atoms with van der Waals surface area (Å²) in [7, 11) is -3.92. The van der Waals surface area contributed by atoms with Crippen LogP contribution in [0.3, 0.4) is 0 Å². The van der Waals surface area contributed by atoms with Gasteiger partial charge in [0.15, 0.2) is 0 Å². The summed E-state index contributed by atoms with van der Waals surface area (Å²) in [5.74, 6) is -3.92. The number of nitrogens with zero attached hydrogens (tertiary/aromatic N) is 2. The van der Waals surface area contributed by atoms with E-state index < -0.39 is 28.1 Å². The SMILES string of the molecule is CCN1CCN(c2ccc(NS(=O)(=O)c3cc(C)c(C)cc3C)c(C(=O)O)c2)CC1.O=C(O)C(F)(F)F. The number of aliphatic carboxylic acids is 1. The van der Waals surface area contributed by atoms with Crippen molar-refractivity contribution < 1.29 is 41.4 Å². The minimum atomic E-state index is -5.08. The predicted molar refractivity (Wildman–Crippen MR) is 133 cm³/mol. The molecular weight excluding hydrogens is 515 g/mol. The molecule has 0 aliphatic carbocycles. The van der Waals surface area contributed by atoms with Gasteiger partial charge in [-0.25, -0.2) is 18.0 Å². The quantitative estimate of drug-likeness (QED) is 0.499. The number of nitrogens with one attached hydrogen (secondary N) is 1. The highest BCUT2D eigenvalue weighted by Gasteiger charge is 2.38. The van der Waals surface area contributed by atoms with Gasteiger partial charge < -0.3 is 20.0 Å². The molecule has 3 N–H and O–H groups in total. The molecule has 204 valence electrons. The fourth-order valence-corrected chi connectivity index (χ4v) is 5.13. The molecule has 3 rings (SSSR count). The lowest BCUT2D eigenvalue weighted by Gasteiger charge is -2.35. The average molecular weight is 546 g/mol. The van der Waals surface area contributed by atoms with Gasteiger partial charge in [-0.05, 0) is 68.3 Å². The molecule has 2 aromatic carbocycles. The summed E-state index contributed by atoms with van der Waals surface area (Å²) >= 11 is 0. The second-order valence-corrected chi connectivity index (χ2v) is 10.2. The molecule has 2 aromatic rings. The van der Waals surface area contributed by atoms with E-state index in [9.17, 15) is 31.5 Å². The smallest absolute Gasteiger partial charge is 0.478 e. The number of halogens is 3. The van der Waals surface area contributed by atoms with E-state index in [1.807, 2.05) is 19.9 Å². The van der Waals surface area contributed by atoms with E-state index in [-0.39, 0.29) is 16.1 Å². The molecule has 0 atom stereocenters. The summed E-state index contributed by atoms with van der Waals surface area (Å²) in [5, 5.41) is 16.8. The van der Waals surface area contributed by atoms with Crippen LogP contribution in [0.15, 0.2) is 35.2 Å². The molecule has 9 nitrogen and oxygen atoms in total. The maximum Gasteiger partial charge on any atom is 0.490 e. The van der Waals surface area contributed by atoms with Crippen LogP contribution in [0, 0.1) is 20.8 Å². The highest BCUT2D eigenvalue weighted by atomic mass is 32.2. The third-order valence-corrected chi connectivity index (χ3v) is 7.49. The van der Waals surface area contributed by atoms with Crippen molar-refractivity contribution in [3.05, 3.63) is 52.6 Å². The number of hydrogen-bond acceptors (Lipinski definition) is 6. The van der Waals surface area contributed by atoms with Crippen molar-refractivity contribution in [2.45, 2.75) is 38.8 Å². The second-order valence-electron chi connectivity index (χ2n) is 8.57. The van der Waals surface area contributed by atoms with Gasteiger partial charge in [0, 0.05) is 31.9 Å². The number of piperazine rings is 1. The number of sulfonamides is 1. The Morgan fingerprint density at radius 3 is 1.97 bits per heavy atom. The lowest BCUT2D eigenvalue weighted by atomic mass is 10.1. The van der Waals surface area contributed by atoms with E-state index in [0.717, 1.165) is 49.5 Å². The van der Waals surface area contributed by atoms with E-state index >= 15 is 0 Å². The second kappa shape index (κ2) is 11.8. The van der Waals surface area contributed by atoms with Crippen molar-refractivity contribution in [3.63, 3.8) is 0 Å². The standard InChI is InChI=1S/C22H29N3O4S.C2HF3O2/c1-5-24-8-10-25(11-9-24)18-6-7-20(19(14-18)22(26)27)23-30(28,29)21-13-16(3)15(2)12-17(21)4;3-2(4,5)1(6)7/h6-7,12-14,23H,5,8-11H2,1-4H3,(H,26,27);(H,6,7). The molecule has 0 unspecified atom stereocenters. The van der Waals surface area contributed by atoms with Gasteiger partial charge in [-0.15, -0.1) is 0 Å². The van der Waals surface area contributed by atoms with Crippen LogP contribution < -0.4 is 9.62 Å². The number of alkyl halides is 3. The Kier molecular flexibility index (Phi) is 9.55. The first-order valence-corrected chi connectivity index (χ1v) is 12.8. The number of carboxylic acid groups (broad SMARTS) is 2. The molecule has 1 aliphatic heterocycles. The molecule has 0 aromatic heterocycles. The molecule has 1 aliphatic rings. The van der Waals surface area contributed by atoms with E-state index in [2.05, 4.69) is 21.4 Å². The van der Waals surface area contributed by atoms with Crippen molar-refractivity contribution in [1.29, 1.82) is 0 Å². The van der Waals surface area contributed by atoms with Crippen LogP contribution in [0.2, 0.25) is 0 Å². The number of aromatic carboxylic acids is 1. The molecule has 13 heteroatoms. The van der Waals surface area contributed by atoms with E-state index in [1.165, 1.54) is 0 Å². The topological polar surface area (TPSA) is 127 Å². The van der Waals surface area contributed by atoms with Gasteiger partial charge in [0.05, 0.1) is 16.1 Å². The molecule has 0 saturated carbocycles. The highest BCUT2D eigenvalue weighted by molar-refractivity contribution is 7.92. The first-order chi connectivity index (χ1) is 17.1. The Hall–Kier alpha value is -3.32. The summed E-state index contributed by atoms with van der Waals surface area (Å²) < 4.78 is 60.2. The number of rotatable bonds is 6. The zero-order valence-electron chi connectivity index (χ0n) is 20.9. The molecule has 1 fully saturated rings. The number of aryl methyl sites for hydroxylation is 3. The molecule has 1 heterocycles.